The fraction of sp³-hybridized carbons (Fsp3) is 0.667. The smallest absolute Gasteiger partial charge is 0.139 e. The van der Waals surface area contributed by atoms with Crippen LogP contribution in [0.2, 0.25) is 0 Å². The fourth-order valence-electron chi connectivity index (χ4n) is 3.76. The van der Waals surface area contributed by atoms with E-state index in [2.05, 4.69) is 21.4 Å². The second-order valence-corrected chi connectivity index (χ2v) is 5.92. The predicted octanol–water partition coefficient (Wildman–Crippen LogP) is 2.52. The molecule has 1 aliphatic carbocycles. The van der Waals surface area contributed by atoms with E-state index in [-0.39, 0.29) is 0 Å². The van der Waals surface area contributed by atoms with E-state index < -0.39 is 0 Å². The maximum absolute atomic E-state index is 5.35. The van der Waals surface area contributed by atoms with Crippen molar-refractivity contribution in [3.8, 4) is 0 Å². The molecule has 1 aromatic rings. The summed E-state index contributed by atoms with van der Waals surface area (Å²) < 4.78 is 0. The lowest BCUT2D eigenvalue weighted by atomic mass is 9.96. The molecule has 1 saturated carbocycles. The zero-order valence-electron chi connectivity index (χ0n) is 11.5. The van der Waals surface area contributed by atoms with Gasteiger partial charge < -0.3 is 5.43 Å². The van der Waals surface area contributed by atoms with Crippen molar-refractivity contribution in [1.82, 2.24) is 9.88 Å². The number of likely N-dealkylation sites (tertiary alicyclic amines) is 1. The Balaban J connectivity index is 1.63. The van der Waals surface area contributed by atoms with Gasteiger partial charge in [0.25, 0.3) is 0 Å². The normalized spacial score (nSPS) is 25.0. The number of nitrogens with zero attached hydrogens (tertiary/aromatic N) is 2. The number of anilines is 1. The third-order valence-electron chi connectivity index (χ3n) is 4.72. The van der Waals surface area contributed by atoms with Gasteiger partial charge in [0.05, 0.1) is 0 Å². The van der Waals surface area contributed by atoms with E-state index in [1.165, 1.54) is 50.6 Å². The molecule has 1 aromatic heterocycles. The Morgan fingerprint density at radius 1 is 1.21 bits per heavy atom. The number of pyridine rings is 1. The summed E-state index contributed by atoms with van der Waals surface area (Å²) in [5.41, 5.74) is 3.87. The third-order valence-corrected chi connectivity index (χ3v) is 4.72. The molecule has 2 fully saturated rings. The van der Waals surface area contributed by atoms with Crippen molar-refractivity contribution < 1.29 is 0 Å². The average Bonchev–Trinajstić information content (AvgIpc) is 3.10. The molecule has 2 heterocycles. The van der Waals surface area contributed by atoms with Gasteiger partial charge in [0.1, 0.15) is 5.82 Å². The summed E-state index contributed by atoms with van der Waals surface area (Å²) in [6.45, 7) is 2.29. The SMILES string of the molecule is NNc1ccc(CN2CCCC2C2CCCC2)cn1. The van der Waals surface area contributed by atoms with Gasteiger partial charge in [-0.3, -0.25) is 4.90 Å². The summed E-state index contributed by atoms with van der Waals surface area (Å²) >= 11 is 0. The molecule has 0 aromatic carbocycles. The molecule has 0 radical (unpaired) electrons. The Bertz CT molecular complexity index is 397. The minimum Gasteiger partial charge on any atom is -0.308 e. The summed E-state index contributed by atoms with van der Waals surface area (Å²) in [5, 5.41) is 0. The Morgan fingerprint density at radius 2 is 2.05 bits per heavy atom. The van der Waals surface area contributed by atoms with Crippen molar-refractivity contribution in [2.24, 2.45) is 11.8 Å². The first-order valence-electron chi connectivity index (χ1n) is 7.52. The number of rotatable bonds is 4. The second kappa shape index (κ2) is 5.88. The van der Waals surface area contributed by atoms with Gasteiger partial charge in [-0.05, 0) is 49.8 Å². The van der Waals surface area contributed by atoms with Crippen LogP contribution in [-0.2, 0) is 6.54 Å². The second-order valence-electron chi connectivity index (χ2n) is 5.92. The third kappa shape index (κ3) is 2.90. The topological polar surface area (TPSA) is 54.2 Å². The van der Waals surface area contributed by atoms with E-state index in [4.69, 9.17) is 5.84 Å². The number of hydrogen-bond acceptors (Lipinski definition) is 4. The van der Waals surface area contributed by atoms with Gasteiger partial charge in [-0.2, -0.15) is 0 Å². The molecule has 1 aliphatic heterocycles. The highest BCUT2D eigenvalue weighted by molar-refractivity contribution is 5.33. The fourth-order valence-corrected chi connectivity index (χ4v) is 3.76. The molecule has 1 atom stereocenters. The molecule has 4 heteroatoms. The number of nitrogens with one attached hydrogen (secondary N) is 1. The largest absolute Gasteiger partial charge is 0.308 e. The summed E-state index contributed by atoms with van der Waals surface area (Å²) in [5.74, 6) is 7.02. The van der Waals surface area contributed by atoms with Gasteiger partial charge in [0.15, 0.2) is 0 Å². The van der Waals surface area contributed by atoms with Crippen LogP contribution in [0.1, 0.15) is 44.1 Å². The molecule has 3 N–H and O–H groups in total. The molecule has 2 aliphatic rings. The van der Waals surface area contributed by atoms with Crippen molar-refractivity contribution in [3.05, 3.63) is 23.9 Å². The van der Waals surface area contributed by atoms with Crippen LogP contribution in [0.5, 0.6) is 0 Å². The van der Waals surface area contributed by atoms with Crippen molar-refractivity contribution in [1.29, 1.82) is 0 Å². The van der Waals surface area contributed by atoms with E-state index in [9.17, 15) is 0 Å². The van der Waals surface area contributed by atoms with Crippen molar-refractivity contribution in [2.75, 3.05) is 12.0 Å². The van der Waals surface area contributed by atoms with E-state index in [1.807, 2.05) is 12.3 Å². The Labute approximate surface area is 115 Å². The Kier molecular flexibility index (Phi) is 3.99. The van der Waals surface area contributed by atoms with E-state index >= 15 is 0 Å². The predicted molar refractivity (Wildman–Crippen MR) is 77.4 cm³/mol. The van der Waals surface area contributed by atoms with Crippen LogP contribution in [0.15, 0.2) is 18.3 Å². The number of hydrogen-bond donors (Lipinski definition) is 2. The minimum atomic E-state index is 0.734. The maximum Gasteiger partial charge on any atom is 0.139 e. The average molecular weight is 260 g/mol. The lowest BCUT2D eigenvalue weighted by molar-refractivity contribution is 0.183. The summed E-state index contributed by atoms with van der Waals surface area (Å²) in [4.78, 5) is 6.97. The maximum atomic E-state index is 5.35. The summed E-state index contributed by atoms with van der Waals surface area (Å²) in [7, 11) is 0. The number of nitrogens with two attached hydrogens (primary N) is 1. The highest BCUT2D eigenvalue weighted by atomic mass is 15.2. The Hall–Kier alpha value is -1.13. The van der Waals surface area contributed by atoms with E-state index in [0.29, 0.717) is 0 Å². The van der Waals surface area contributed by atoms with Crippen LogP contribution in [0.3, 0.4) is 0 Å². The highest BCUT2D eigenvalue weighted by Crippen LogP contribution is 2.35. The van der Waals surface area contributed by atoms with Gasteiger partial charge in [-0.15, -0.1) is 0 Å². The van der Waals surface area contributed by atoms with Crippen molar-refractivity contribution in [3.63, 3.8) is 0 Å². The summed E-state index contributed by atoms with van der Waals surface area (Å²) in [6.07, 6.45) is 10.4. The molecule has 0 spiro atoms. The van der Waals surface area contributed by atoms with Gasteiger partial charge in [0, 0.05) is 18.8 Å². The molecule has 1 unspecified atom stereocenters. The molecule has 104 valence electrons. The number of nitrogen functional groups attached to an aromatic ring is 1. The van der Waals surface area contributed by atoms with Crippen LogP contribution < -0.4 is 11.3 Å². The summed E-state index contributed by atoms with van der Waals surface area (Å²) in [6, 6.07) is 4.90. The van der Waals surface area contributed by atoms with E-state index in [1.54, 1.807) is 0 Å². The first-order valence-corrected chi connectivity index (χ1v) is 7.52. The van der Waals surface area contributed by atoms with E-state index in [0.717, 1.165) is 24.3 Å². The van der Waals surface area contributed by atoms with Crippen molar-refractivity contribution >= 4 is 5.82 Å². The first kappa shape index (κ1) is 12.9. The highest BCUT2D eigenvalue weighted by Gasteiger charge is 2.32. The monoisotopic (exact) mass is 260 g/mol. The number of aromatic nitrogens is 1. The molecule has 0 bridgehead atoms. The minimum absolute atomic E-state index is 0.734. The molecular formula is C15H24N4. The van der Waals surface area contributed by atoms with Crippen LogP contribution in [0.4, 0.5) is 5.82 Å². The van der Waals surface area contributed by atoms with Gasteiger partial charge in [-0.25, -0.2) is 10.8 Å². The van der Waals surface area contributed by atoms with Crippen LogP contribution in [-0.4, -0.2) is 22.5 Å². The van der Waals surface area contributed by atoms with Crippen LogP contribution in [0.25, 0.3) is 0 Å². The van der Waals surface area contributed by atoms with Crippen molar-refractivity contribution in [2.45, 2.75) is 51.1 Å². The molecule has 4 nitrogen and oxygen atoms in total. The zero-order chi connectivity index (χ0) is 13.1. The molecule has 19 heavy (non-hydrogen) atoms. The van der Waals surface area contributed by atoms with Crippen LogP contribution in [0, 0.1) is 5.92 Å². The Morgan fingerprint density at radius 3 is 2.74 bits per heavy atom. The van der Waals surface area contributed by atoms with Gasteiger partial charge in [0.2, 0.25) is 0 Å². The standard InChI is InChI=1S/C15H24N4/c16-18-15-8-7-12(10-17-15)11-19-9-3-6-14(19)13-4-1-2-5-13/h7-8,10,13-14H,1-6,9,11,16H2,(H,17,18). The van der Waals surface area contributed by atoms with Gasteiger partial charge in [-0.1, -0.05) is 18.9 Å². The zero-order valence-corrected chi connectivity index (χ0v) is 11.5. The first-order chi connectivity index (χ1) is 9.36. The lowest BCUT2D eigenvalue weighted by Gasteiger charge is -2.29. The molecule has 3 rings (SSSR count). The number of hydrazine groups is 1. The molecule has 0 amide bonds. The lowest BCUT2D eigenvalue weighted by Crippen LogP contribution is -2.34. The molecule has 1 saturated heterocycles. The molecular weight excluding hydrogens is 236 g/mol. The van der Waals surface area contributed by atoms with Crippen LogP contribution >= 0.6 is 0 Å². The quantitative estimate of drug-likeness (QED) is 0.645. The van der Waals surface area contributed by atoms with Gasteiger partial charge >= 0.3 is 0 Å².